The topological polar surface area (TPSA) is 122 Å². The Labute approximate surface area is 209 Å². The zero-order valence-corrected chi connectivity index (χ0v) is 20.9. The molecule has 3 rings (SSSR count). The fourth-order valence-electron chi connectivity index (χ4n) is 3.76. The molecular formula is C24H28ClN3O6S. The molecule has 0 aromatic heterocycles. The second-order valence-electron chi connectivity index (χ2n) is 8.18. The minimum absolute atomic E-state index is 0.0251. The number of hydrogen-bond donors (Lipinski definition) is 2. The van der Waals surface area contributed by atoms with Gasteiger partial charge >= 0.3 is 5.97 Å². The van der Waals surface area contributed by atoms with E-state index >= 15 is 0 Å². The number of rotatable bonds is 9. The maximum atomic E-state index is 12.9. The van der Waals surface area contributed by atoms with Gasteiger partial charge in [-0.3, -0.25) is 14.4 Å². The Kier molecular flexibility index (Phi) is 9.25. The van der Waals surface area contributed by atoms with Gasteiger partial charge in [0.25, 0.3) is 5.91 Å². The molecule has 2 aromatic rings. The van der Waals surface area contributed by atoms with Crippen LogP contribution in [0.3, 0.4) is 0 Å². The van der Waals surface area contributed by atoms with Crippen molar-refractivity contribution in [1.29, 1.82) is 0 Å². The van der Waals surface area contributed by atoms with E-state index in [1.165, 1.54) is 29.4 Å². The molecule has 1 unspecified atom stereocenters. The van der Waals surface area contributed by atoms with Crippen molar-refractivity contribution in [2.75, 3.05) is 25.0 Å². The molecule has 0 spiro atoms. The molecule has 0 aliphatic carbocycles. The average Bonchev–Trinajstić information content (AvgIpc) is 2.84. The Hall–Kier alpha value is -2.95. The van der Waals surface area contributed by atoms with Crippen LogP contribution in [0.5, 0.6) is 0 Å². The van der Waals surface area contributed by atoms with Gasteiger partial charge in [-0.25, -0.2) is 8.42 Å². The molecule has 2 aromatic carbocycles. The molecule has 2 amide bonds. The van der Waals surface area contributed by atoms with Crippen molar-refractivity contribution in [2.45, 2.75) is 43.5 Å². The van der Waals surface area contributed by atoms with Crippen molar-refractivity contribution in [3.05, 3.63) is 59.1 Å². The molecule has 1 fully saturated rings. The molecule has 0 radical (unpaired) electrons. The van der Waals surface area contributed by atoms with Crippen molar-refractivity contribution >= 4 is 45.1 Å². The second kappa shape index (κ2) is 12.1. The first-order valence-electron chi connectivity index (χ1n) is 11.2. The Morgan fingerprint density at radius 1 is 1.06 bits per heavy atom. The number of nitrogens with one attached hydrogen (secondary N) is 2. The van der Waals surface area contributed by atoms with Gasteiger partial charge in [0.05, 0.1) is 28.1 Å². The summed E-state index contributed by atoms with van der Waals surface area (Å²) in [5.41, 5.74) is 0.828. The van der Waals surface area contributed by atoms with E-state index in [0.29, 0.717) is 13.1 Å². The number of nitrogens with zero attached hydrogens (tertiary/aromatic N) is 1. The SMILES string of the molecule is CC(=O)NC(CC(=O)OCC(=O)Nc1cc(S(=O)(=O)N2CCCCC2)ccc1Cl)c1ccccc1. The third-order valence-electron chi connectivity index (χ3n) is 5.48. The van der Waals surface area contributed by atoms with E-state index in [2.05, 4.69) is 10.6 Å². The van der Waals surface area contributed by atoms with Crippen molar-refractivity contribution in [2.24, 2.45) is 0 Å². The molecular weight excluding hydrogens is 494 g/mol. The smallest absolute Gasteiger partial charge is 0.308 e. The lowest BCUT2D eigenvalue weighted by Gasteiger charge is -2.26. The normalized spacial score (nSPS) is 15.1. The minimum Gasteiger partial charge on any atom is -0.455 e. The third-order valence-corrected chi connectivity index (χ3v) is 7.70. The van der Waals surface area contributed by atoms with Gasteiger partial charge in [-0.15, -0.1) is 0 Å². The number of benzene rings is 2. The van der Waals surface area contributed by atoms with E-state index in [9.17, 15) is 22.8 Å². The monoisotopic (exact) mass is 521 g/mol. The van der Waals surface area contributed by atoms with Crippen LogP contribution in [0.2, 0.25) is 5.02 Å². The van der Waals surface area contributed by atoms with E-state index in [-0.39, 0.29) is 27.9 Å². The number of sulfonamides is 1. The van der Waals surface area contributed by atoms with Crippen LogP contribution in [-0.2, 0) is 29.1 Å². The predicted molar refractivity (Wildman–Crippen MR) is 131 cm³/mol. The van der Waals surface area contributed by atoms with Crippen LogP contribution in [-0.4, -0.2) is 50.2 Å². The largest absolute Gasteiger partial charge is 0.455 e. The fraction of sp³-hybridized carbons (Fsp3) is 0.375. The summed E-state index contributed by atoms with van der Waals surface area (Å²) in [7, 11) is -3.71. The van der Waals surface area contributed by atoms with Crippen LogP contribution in [0.4, 0.5) is 5.69 Å². The van der Waals surface area contributed by atoms with Crippen LogP contribution < -0.4 is 10.6 Å². The highest BCUT2D eigenvalue weighted by molar-refractivity contribution is 7.89. The van der Waals surface area contributed by atoms with Gasteiger partial charge in [0.1, 0.15) is 0 Å². The number of esters is 1. The highest BCUT2D eigenvalue weighted by Gasteiger charge is 2.27. The first kappa shape index (κ1) is 26.7. The van der Waals surface area contributed by atoms with E-state index in [0.717, 1.165) is 24.8 Å². The molecule has 0 bridgehead atoms. The summed E-state index contributed by atoms with van der Waals surface area (Å²) in [6, 6.07) is 12.4. The van der Waals surface area contributed by atoms with Crippen LogP contribution in [0.25, 0.3) is 0 Å². The number of piperidine rings is 1. The minimum atomic E-state index is -3.71. The lowest BCUT2D eigenvalue weighted by atomic mass is 10.0. The van der Waals surface area contributed by atoms with Gasteiger partial charge in [-0.2, -0.15) is 4.31 Å². The Bertz CT molecular complexity index is 1170. The predicted octanol–water partition coefficient (Wildman–Crippen LogP) is 3.26. The Balaban J connectivity index is 1.60. The molecule has 2 N–H and O–H groups in total. The number of carbonyl (C=O) groups excluding carboxylic acids is 3. The molecule has 188 valence electrons. The Morgan fingerprint density at radius 3 is 2.40 bits per heavy atom. The van der Waals surface area contributed by atoms with Gasteiger partial charge in [-0.1, -0.05) is 48.4 Å². The average molecular weight is 522 g/mol. The van der Waals surface area contributed by atoms with Crippen molar-refractivity contribution in [3.8, 4) is 0 Å². The number of hydrogen-bond acceptors (Lipinski definition) is 6. The Morgan fingerprint density at radius 2 is 1.74 bits per heavy atom. The molecule has 9 nitrogen and oxygen atoms in total. The molecule has 0 saturated carbocycles. The second-order valence-corrected chi connectivity index (χ2v) is 10.5. The summed E-state index contributed by atoms with van der Waals surface area (Å²) in [6.45, 7) is 1.65. The molecule has 1 atom stereocenters. The zero-order valence-electron chi connectivity index (χ0n) is 19.3. The fourth-order valence-corrected chi connectivity index (χ4v) is 5.46. The van der Waals surface area contributed by atoms with Gasteiger partial charge in [-0.05, 0) is 36.6 Å². The molecule has 1 aliphatic rings. The number of anilines is 1. The van der Waals surface area contributed by atoms with E-state index < -0.39 is 34.5 Å². The van der Waals surface area contributed by atoms with Gasteiger partial charge in [0.15, 0.2) is 6.61 Å². The third kappa shape index (κ3) is 7.51. The number of halogens is 1. The van der Waals surface area contributed by atoms with Gasteiger partial charge < -0.3 is 15.4 Å². The van der Waals surface area contributed by atoms with Crippen LogP contribution in [0.1, 0.15) is 44.2 Å². The molecule has 1 saturated heterocycles. The summed E-state index contributed by atoms with van der Waals surface area (Å²) >= 11 is 6.15. The number of amides is 2. The van der Waals surface area contributed by atoms with Crippen LogP contribution in [0, 0.1) is 0 Å². The van der Waals surface area contributed by atoms with Crippen molar-refractivity contribution in [3.63, 3.8) is 0 Å². The van der Waals surface area contributed by atoms with E-state index in [1.807, 2.05) is 6.07 Å². The maximum Gasteiger partial charge on any atom is 0.308 e. The van der Waals surface area contributed by atoms with Crippen LogP contribution >= 0.6 is 11.6 Å². The summed E-state index contributed by atoms with van der Waals surface area (Å²) in [5, 5.41) is 5.34. The highest BCUT2D eigenvalue weighted by atomic mass is 35.5. The lowest BCUT2D eigenvalue weighted by Crippen LogP contribution is -2.35. The summed E-state index contributed by atoms with van der Waals surface area (Å²) in [6.07, 6.45) is 2.43. The van der Waals surface area contributed by atoms with Gasteiger partial charge in [0, 0.05) is 20.0 Å². The first-order chi connectivity index (χ1) is 16.7. The lowest BCUT2D eigenvalue weighted by molar-refractivity contribution is -0.148. The number of carbonyl (C=O) groups is 3. The maximum absolute atomic E-state index is 12.9. The highest BCUT2D eigenvalue weighted by Crippen LogP contribution is 2.28. The molecule has 1 aliphatic heterocycles. The first-order valence-corrected chi connectivity index (χ1v) is 13.1. The summed E-state index contributed by atoms with van der Waals surface area (Å²) in [4.78, 5) is 36.3. The molecule has 11 heteroatoms. The van der Waals surface area contributed by atoms with E-state index in [1.54, 1.807) is 24.3 Å². The zero-order chi connectivity index (χ0) is 25.4. The standard InChI is InChI=1S/C24H28ClN3O6S/c1-17(29)26-21(18-8-4-2-5-9-18)15-24(31)34-16-23(30)27-22-14-19(10-11-20(22)25)35(32,33)28-12-6-3-7-13-28/h2,4-5,8-11,14,21H,3,6-7,12-13,15-16H2,1H3,(H,26,29)(H,27,30). The summed E-state index contributed by atoms with van der Waals surface area (Å²) < 4.78 is 32.3. The van der Waals surface area contributed by atoms with Crippen LogP contribution in [0.15, 0.2) is 53.4 Å². The van der Waals surface area contributed by atoms with Gasteiger partial charge in [0.2, 0.25) is 15.9 Å². The van der Waals surface area contributed by atoms with Crippen molar-refractivity contribution < 1.29 is 27.5 Å². The van der Waals surface area contributed by atoms with E-state index in [4.69, 9.17) is 16.3 Å². The molecule has 1 heterocycles. The summed E-state index contributed by atoms with van der Waals surface area (Å²) in [5.74, 6) is -1.67. The molecule has 35 heavy (non-hydrogen) atoms. The number of ether oxygens (including phenoxy) is 1. The van der Waals surface area contributed by atoms with Crippen molar-refractivity contribution in [1.82, 2.24) is 9.62 Å². The quantitative estimate of drug-likeness (QED) is 0.488.